The number of rotatable bonds is 5. The van der Waals surface area contributed by atoms with Gasteiger partial charge in [-0.1, -0.05) is 0 Å². The normalized spacial score (nSPS) is 10.7. The van der Waals surface area contributed by atoms with Gasteiger partial charge in [-0.25, -0.2) is 0 Å². The van der Waals surface area contributed by atoms with Crippen LogP contribution in [0.3, 0.4) is 0 Å². The molecule has 0 fully saturated rings. The Kier molecular flexibility index (Phi) is 4.97. The first-order valence-electron chi connectivity index (χ1n) is 4.77. The quantitative estimate of drug-likeness (QED) is 0.533. The van der Waals surface area contributed by atoms with Crippen LogP contribution in [-0.4, -0.2) is 29.8 Å². The maximum absolute atomic E-state index is 11.6. The number of Topliss-reactive ketones (excluding diaryl/α,β-unsaturated/α-hetero) is 1. The number of ether oxygens (including phenoxy) is 1. The third-order valence-corrected chi connectivity index (χ3v) is 1.80. The van der Waals surface area contributed by atoms with E-state index in [1.807, 2.05) is 0 Å². The van der Waals surface area contributed by atoms with E-state index >= 15 is 0 Å². The molecule has 0 spiro atoms. The Balaban J connectivity index is 4.30. The molecule has 0 aromatic rings. The molecule has 0 rings (SSSR count). The van der Waals surface area contributed by atoms with Gasteiger partial charge in [-0.3, -0.25) is 14.4 Å². The summed E-state index contributed by atoms with van der Waals surface area (Å²) in [4.78, 5) is 33.4. The predicted octanol–water partition coefficient (Wildman–Crippen LogP) is 0.423. The van der Waals surface area contributed by atoms with Gasteiger partial charge in [0.25, 0.3) is 0 Å². The van der Waals surface area contributed by atoms with E-state index in [4.69, 9.17) is 0 Å². The molecule has 86 valence electrons. The summed E-state index contributed by atoms with van der Waals surface area (Å²) in [5.74, 6) is -1.24. The Morgan fingerprint density at radius 1 is 1.27 bits per heavy atom. The topological polar surface area (TPSA) is 72.5 Å². The van der Waals surface area contributed by atoms with E-state index in [1.165, 1.54) is 6.92 Å². The molecule has 0 unspecified atom stereocenters. The molecule has 0 saturated heterocycles. The van der Waals surface area contributed by atoms with Gasteiger partial charge in [-0.15, -0.1) is 0 Å². The summed E-state index contributed by atoms with van der Waals surface area (Å²) in [6.07, 6.45) is -0.318. The van der Waals surface area contributed by atoms with Crippen LogP contribution in [0.1, 0.15) is 34.1 Å². The highest BCUT2D eigenvalue weighted by Gasteiger charge is 2.29. The fourth-order valence-corrected chi connectivity index (χ4v) is 1.07. The van der Waals surface area contributed by atoms with E-state index in [-0.39, 0.29) is 24.7 Å². The lowest BCUT2D eigenvalue weighted by molar-refractivity contribution is -0.147. The van der Waals surface area contributed by atoms with Crippen LogP contribution >= 0.6 is 0 Å². The molecule has 0 aromatic heterocycles. The van der Waals surface area contributed by atoms with Crippen molar-refractivity contribution in [2.75, 3.05) is 6.61 Å². The van der Waals surface area contributed by atoms with E-state index in [2.05, 4.69) is 10.1 Å². The molecule has 0 heterocycles. The van der Waals surface area contributed by atoms with Crippen LogP contribution in [0.5, 0.6) is 0 Å². The van der Waals surface area contributed by atoms with Crippen molar-refractivity contribution in [3.63, 3.8) is 0 Å². The molecular weight excluding hydrogens is 198 g/mol. The molecule has 15 heavy (non-hydrogen) atoms. The summed E-state index contributed by atoms with van der Waals surface area (Å²) in [5.41, 5.74) is -1.03. The monoisotopic (exact) mass is 215 g/mol. The SMILES string of the molecule is CCOC(=O)CC(=O)C(C)(C)NC(C)=O. The number of hydrogen-bond acceptors (Lipinski definition) is 4. The summed E-state index contributed by atoms with van der Waals surface area (Å²) < 4.78 is 4.64. The van der Waals surface area contributed by atoms with Gasteiger partial charge in [0.05, 0.1) is 12.1 Å². The molecule has 0 aliphatic rings. The highest BCUT2D eigenvalue weighted by atomic mass is 16.5. The van der Waals surface area contributed by atoms with Crippen molar-refractivity contribution >= 4 is 17.7 Å². The standard InChI is InChI=1S/C10H17NO4/c1-5-15-9(14)6-8(13)10(3,4)11-7(2)12/h5-6H2,1-4H3,(H,11,12). The average Bonchev–Trinajstić information content (AvgIpc) is 2.01. The Morgan fingerprint density at radius 2 is 1.80 bits per heavy atom. The number of ketones is 1. The Bertz CT molecular complexity index is 271. The van der Waals surface area contributed by atoms with Crippen LogP contribution in [0.2, 0.25) is 0 Å². The largest absolute Gasteiger partial charge is 0.466 e. The highest BCUT2D eigenvalue weighted by Crippen LogP contribution is 2.07. The first-order chi connectivity index (χ1) is 6.79. The van der Waals surface area contributed by atoms with Crippen LogP contribution in [0.4, 0.5) is 0 Å². The van der Waals surface area contributed by atoms with Crippen molar-refractivity contribution in [2.45, 2.75) is 39.7 Å². The van der Waals surface area contributed by atoms with Crippen molar-refractivity contribution < 1.29 is 19.1 Å². The van der Waals surface area contributed by atoms with Crippen molar-refractivity contribution in [1.82, 2.24) is 5.32 Å². The first kappa shape index (κ1) is 13.6. The van der Waals surface area contributed by atoms with E-state index in [1.54, 1.807) is 20.8 Å². The fraction of sp³-hybridized carbons (Fsp3) is 0.700. The number of esters is 1. The van der Waals surface area contributed by atoms with Gasteiger partial charge in [0.2, 0.25) is 5.91 Å². The Hall–Kier alpha value is -1.39. The highest BCUT2D eigenvalue weighted by molar-refractivity contribution is 6.02. The predicted molar refractivity (Wildman–Crippen MR) is 54.2 cm³/mol. The number of amides is 1. The van der Waals surface area contributed by atoms with Crippen LogP contribution in [0.15, 0.2) is 0 Å². The number of nitrogens with one attached hydrogen (secondary N) is 1. The molecule has 0 aliphatic heterocycles. The Morgan fingerprint density at radius 3 is 2.20 bits per heavy atom. The van der Waals surface area contributed by atoms with Gasteiger partial charge in [-0.2, -0.15) is 0 Å². The zero-order valence-electron chi connectivity index (χ0n) is 9.55. The molecule has 1 amide bonds. The average molecular weight is 215 g/mol. The second-order valence-corrected chi connectivity index (χ2v) is 3.71. The molecule has 0 atom stereocenters. The molecular formula is C10H17NO4. The zero-order valence-corrected chi connectivity index (χ0v) is 9.55. The minimum atomic E-state index is -1.03. The molecule has 0 radical (unpaired) electrons. The molecule has 0 aromatic carbocycles. The van der Waals surface area contributed by atoms with Gasteiger partial charge >= 0.3 is 5.97 Å². The maximum Gasteiger partial charge on any atom is 0.313 e. The molecule has 0 saturated carbocycles. The zero-order chi connectivity index (χ0) is 12.1. The Labute approximate surface area is 89.2 Å². The van der Waals surface area contributed by atoms with Crippen molar-refractivity contribution in [3.05, 3.63) is 0 Å². The van der Waals surface area contributed by atoms with Gasteiger partial charge < -0.3 is 10.1 Å². The summed E-state index contributed by atoms with van der Waals surface area (Å²) in [5, 5.41) is 2.47. The molecule has 5 heteroatoms. The van der Waals surface area contributed by atoms with Gasteiger partial charge in [-0.05, 0) is 20.8 Å². The molecule has 0 bridgehead atoms. The fourth-order valence-electron chi connectivity index (χ4n) is 1.07. The van der Waals surface area contributed by atoms with E-state index in [9.17, 15) is 14.4 Å². The van der Waals surface area contributed by atoms with Crippen LogP contribution < -0.4 is 5.32 Å². The third-order valence-electron chi connectivity index (χ3n) is 1.80. The van der Waals surface area contributed by atoms with Crippen LogP contribution in [-0.2, 0) is 19.1 Å². The summed E-state index contributed by atoms with van der Waals surface area (Å²) in [7, 11) is 0. The number of carbonyl (C=O) groups is 3. The number of hydrogen-bond donors (Lipinski definition) is 1. The molecule has 0 aliphatic carbocycles. The summed E-state index contributed by atoms with van der Waals surface area (Å²) >= 11 is 0. The van der Waals surface area contributed by atoms with Gasteiger partial charge in [0, 0.05) is 6.92 Å². The van der Waals surface area contributed by atoms with Crippen LogP contribution in [0, 0.1) is 0 Å². The van der Waals surface area contributed by atoms with E-state index in [0.29, 0.717) is 0 Å². The lowest BCUT2D eigenvalue weighted by Gasteiger charge is -2.23. The van der Waals surface area contributed by atoms with E-state index in [0.717, 1.165) is 0 Å². The van der Waals surface area contributed by atoms with Crippen LogP contribution in [0.25, 0.3) is 0 Å². The van der Waals surface area contributed by atoms with Crippen molar-refractivity contribution in [2.24, 2.45) is 0 Å². The van der Waals surface area contributed by atoms with Gasteiger partial charge in [0.15, 0.2) is 5.78 Å². The smallest absolute Gasteiger partial charge is 0.313 e. The lowest BCUT2D eigenvalue weighted by Crippen LogP contribution is -2.49. The summed E-state index contributed by atoms with van der Waals surface area (Å²) in [6.45, 7) is 6.33. The molecule has 1 N–H and O–H groups in total. The third kappa shape index (κ3) is 5.15. The van der Waals surface area contributed by atoms with E-state index < -0.39 is 11.5 Å². The van der Waals surface area contributed by atoms with Gasteiger partial charge in [0.1, 0.15) is 6.42 Å². The summed E-state index contributed by atoms with van der Waals surface area (Å²) in [6, 6.07) is 0. The van der Waals surface area contributed by atoms with Crippen molar-refractivity contribution in [3.8, 4) is 0 Å². The number of carbonyl (C=O) groups excluding carboxylic acids is 3. The minimum Gasteiger partial charge on any atom is -0.466 e. The van der Waals surface area contributed by atoms with Crippen molar-refractivity contribution in [1.29, 1.82) is 0 Å². The lowest BCUT2D eigenvalue weighted by atomic mass is 9.96. The molecule has 5 nitrogen and oxygen atoms in total. The maximum atomic E-state index is 11.6. The second kappa shape index (κ2) is 5.48. The second-order valence-electron chi connectivity index (χ2n) is 3.71. The minimum absolute atomic E-state index is 0.243. The first-order valence-corrected chi connectivity index (χ1v) is 4.77.